The minimum Gasteiger partial charge on any atom is -0.378 e. The molecule has 0 atom stereocenters. The molecule has 0 radical (unpaired) electrons. The lowest BCUT2D eigenvalue weighted by Crippen LogP contribution is -2.36. The Labute approximate surface area is 147 Å². The third kappa shape index (κ3) is 3.58. The second-order valence-corrected chi connectivity index (χ2v) is 6.28. The molecule has 0 saturated carbocycles. The highest BCUT2D eigenvalue weighted by atomic mass is 16.5. The van der Waals surface area contributed by atoms with Crippen LogP contribution in [0.3, 0.4) is 0 Å². The molecule has 1 aliphatic heterocycles. The molecule has 1 aromatic heterocycles. The minimum atomic E-state index is -0.243. The fraction of sp³-hybridized carbons (Fsp3) is 0.368. The number of hydrogen-bond donors (Lipinski definition) is 2. The topological polar surface area (TPSA) is 74.4 Å². The van der Waals surface area contributed by atoms with E-state index in [-0.39, 0.29) is 11.7 Å². The maximum atomic E-state index is 12.5. The number of anilines is 2. The summed E-state index contributed by atoms with van der Waals surface area (Å²) in [6.07, 6.45) is 0. The monoisotopic (exact) mass is 341 g/mol. The van der Waals surface area contributed by atoms with Crippen molar-refractivity contribution in [2.24, 2.45) is 0 Å². The lowest BCUT2D eigenvalue weighted by Gasteiger charge is -2.28. The van der Waals surface area contributed by atoms with E-state index in [1.54, 1.807) is 13.8 Å². The Balaban J connectivity index is 1.73. The van der Waals surface area contributed by atoms with Crippen molar-refractivity contribution in [2.75, 3.05) is 36.5 Å². The molecule has 6 nitrogen and oxygen atoms in total. The van der Waals surface area contributed by atoms with Crippen LogP contribution >= 0.6 is 0 Å². The van der Waals surface area contributed by atoms with Crippen LogP contribution in [0, 0.1) is 13.8 Å². The summed E-state index contributed by atoms with van der Waals surface area (Å²) in [5, 5.41) is 2.88. The van der Waals surface area contributed by atoms with Crippen molar-refractivity contribution >= 4 is 23.1 Å². The van der Waals surface area contributed by atoms with Gasteiger partial charge in [0.2, 0.25) is 0 Å². The van der Waals surface area contributed by atoms with E-state index in [0.717, 1.165) is 43.4 Å². The quantitative estimate of drug-likeness (QED) is 0.839. The van der Waals surface area contributed by atoms with Gasteiger partial charge in [-0.05, 0) is 50.6 Å². The molecule has 0 unspecified atom stereocenters. The number of rotatable bonds is 4. The van der Waals surface area contributed by atoms with E-state index in [1.165, 1.54) is 6.92 Å². The van der Waals surface area contributed by atoms with Crippen molar-refractivity contribution < 1.29 is 14.3 Å². The molecule has 6 heteroatoms. The number of carbonyl (C=O) groups excluding carboxylic acids is 2. The first-order valence-electron chi connectivity index (χ1n) is 8.41. The van der Waals surface area contributed by atoms with Crippen LogP contribution in [0.25, 0.3) is 0 Å². The average Bonchev–Trinajstić information content (AvgIpc) is 2.91. The number of morpholine rings is 1. The van der Waals surface area contributed by atoms with Gasteiger partial charge in [-0.3, -0.25) is 9.59 Å². The van der Waals surface area contributed by atoms with Gasteiger partial charge in [-0.25, -0.2) is 0 Å². The molecule has 0 aliphatic carbocycles. The van der Waals surface area contributed by atoms with E-state index in [9.17, 15) is 9.59 Å². The lowest BCUT2D eigenvalue weighted by molar-refractivity contribution is 0.101. The van der Waals surface area contributed by atoms with Gasteiger partial charge in [-0.1, -0.05) is 0 Å². The molecular weight excluding hydrogens is 318 g/mol. The summed E-state index contributed by atoms with van der Waals surface area (Å²) in [5.41, 5.74) is 4.27. The Morgan fingerprint density at radius 1 is 1.12 bits per heavy atom. The van der Waals surface area contributed by atoms with Crippen LogP contribution in [0.2, 0.25) is 0 Å². The van der Waals surface area contributed by atoms with Crippen LogP contribution in [-0.4, -0.2) is 43.0 Å². The smallest absolute Gasteiger partial charge is 0.272 e. The number of nitrogens with zero attached hydrogens (tertiary/aromatic N) is 1. The molecule has 3 rings (SSSR count). The summed E-state index contributed by atoms with van der Waals surface area (Å²) < 4.78 is 5.36. The van der Waals surface area contributed by atoms with E-state index >= 15 is 0 Å². The van der Waals surface area contributed by atoms with Gasteiger partial charge in [0.05, 0.1) is 13.2 Å². The van der Waals surface area contributed by atoms with Crippen LogP contribution in [0.15, 0.2) is 24.3 Å². The summed E-state index contributed by atoms with van der Waals surface area (Å²) in [4.78, 5) is 29.5. The number of ketones is 1. The normalized spacial score (nSPS) is 14.4. The van der Waals surface area contributed by atoms with Crippen molar-refractivity contribution in [1.29, 1.82) is 0 Å². The summed E-state index contributed by atoms with van der Waals surface area (Å²) in [7, 11) is 0. The van der Waals surface area contributed by atoms with Gasteiger partial charge in [-0.15, -0.1) is 0 Å². The van der Waals surface area contributed by atoms with E-state index in [1.807, 2.05) is 24.3 Å². The number of benzene rings is 1. The first-order chi connectivity index (χ1) is 12.0. The number of Topliss-reactive ketones (excluding diaryl/α,β-unsaturated/α-hetero) is 1. The Hall–Kier alpha value is -2.60. The molecule has 2 N–H and O–H groups in total. The SMILES string of the molecule is CC(=O)c1c(C)[nH]c(C(=O)Nc2ccc(N3CCOCC3)cc2)c1C. The second-order valence-electron chi connectivity index (χ2n) is 6.28. The maximum Gasteiger partial charge on any atom is 0.272 e. The van der Waals surface area contributed by atoms with Gasteiger partial charge in [0.1, 0.15) is 5.69 Å². The Morgan fingerprint density at radius 2 is 1.76 bits per heavy atom. The van der Waals surface area contributed by atoms with E-state index < -0.39 is 0 Å². The zero-order chi connectivity index (χ0) is 18.0. The molecule has 1 amide bonds. The molecule has 1 fully saturated rings. The molecule has 0 spiro atoms. The fourth-order valence-corrected chi connectivity index (χ4v) is 3.28. The molecule has 2 heterocycles. The van der Waals surface area contributed by atoms with E-state index in [4.69, 9.17) is 4.74 Å². The summed E-state index contributed by atoms with van der Waals surface area (Å²) in [6, 6.07) is 7.77. The molecule has 2 aromatic rings. The first kappa shape index (κ1) is 17.2. The predicted octanol–water partition coefficient (Wildman–Crippen LogP) is 2.92. The summed E-state index contributed by atoms with van der Waals surface area (Å²) in [5.74, 6) is -0.285. The van der Waals surface area contributed by atoms with Crippen LogP contribution in [0.1, 0.15) is 39.0 Å². The Bertz CT molecular complexity index is 787. The fourth-order valence-electron chi connectivity index (χ4n) is 3.28. The molecule has 1 saturated heterocycles. The second kappa shape index (κ2) is 7.11. The number of nitrogens with one attached hydrogen (secondary N) is 2. The van der Waals surface area contributed by atoms with Gasteiger partial charge < -0.3 is 19.9 Å². The number of carbonyl (C=O) groups is 2. The minimum absolute atomic E-state index is 0.0415. The van der Waals surface area contributed by atoms with Crippen LogP contribution in [-0.2, 0) is 4.74 Å². The molecule has 1 aromatic carbocycles. The van der Waals surface area contributed by atoms with Crippen molar-refractivity contribution in [3.8, 4) is 0 Å². The van der Waals surface area contributed by atoms with Crippen LogP contribution < -0.4 is 10.2 Å². The highest BCUT2D eigenvalue weighted by Crippen LogP contribution is 2.22. The molecule has 1 aliphatic rings. The number of H-pyrrole nitrogens is 1. The van der Waals surface area contributed by atoms with Crippen molar-refractivity contribution in [1.82, 2.24) is 4.98 Å². The highest BCUT2D eigenvalue weighted by Gasteiger charge is 2.20. The van der Waals surface area contributed by atoms with Crippen LogP contribution in [0.4, 0.5) is 11.4 Å². The number of hydrogen-bond acceptors (Lipinski definition) is 4. The van der Waals surface area contributed by atoms with Crippen molar-refractivity contribution in [3.05, 3.63) is 46.8 Å². The third-order valence-electron chi connectivity index (χ3n) is 4.52. The van der Waals surface area contributed by atoms with Gasteiger partial charge in [0.15, 0.2) is 5.78 Å². The number of aromatic nitrogens is 1. The molecular formula is C19H23N3O3. The lowest BCUT2D eigenvalue weighted by atomic mass is 10.1. The zero-order valence-corrected chi connectivity index (χ0v) is 14.8. The predicted molar refractivity (Wildman–Crippen MR) is 97.7 cm³/mol. The summed E-state index contributed by atoms with van der Waals surface area (Å²) >= 11 is 0. The van der Waals surface area contributed by atoms with E-state index in [2.05, 4.69) is 15.2 Å². The van der Waals surface area contributed by atoms with Gasteiger partial charge >= 0.3 is 0 Å². The molecule has 25 heavy (non-hydrogen) atoms. The number of aryl methyl sites for hydroxylation is 1. The van der Waals surface area contributed by atoms with Crippen molar-refractivity contribution in [3.63, 3.8) is 0 Å². The number of amides is 1. The first-order valence-corrected chi connectivity index (χ1v) is 8.41. The van der Waals surface area contributed by atoms with Crippen molar-refractivity contribution in [2.45, 2.75) is 20.8 Å². The standard InChI is InChI=1S/C19H23N3O3/c1-12-17(14(3)23)13(2)20-18(12)19(24)21-15-4-6-16(7-5-15)22-8-10-25-11-9-22/h4-7,20H,8-11H2,1-3H3,(H,21,24). The molecule has 132 valence electrons. The number of aromatic amines is 1. The number of ether oxygens (including phenoxy) is 1. The van der Waals surface area contributed by atoms with Gasteiger partial charge in [0, 0.05) is 35.7 Å². The summed E-state index contributed by atoms with van der Waals surface area (Å²) in [6.45, 7) is 8.33. The highest BCUT2D eigenvalue weighted by molar-refractivity contribution is 6.07. The van der Waals surface area contributed by atoms with Gasteiger partial charge in [-0.2, -0.15) is 0 Å². The maximum absolute atomic E-state index is 12.5. The zero-order valence-electron chi connectivity index (χ0n) is 14.8. The Morgan fingerprint density at radius 3 is 2.32 bits per heavy atom. The third-order valence-corrected chi connectivity index (χ3v) is 4.52. The largest absolute Gasteiger partial charge is 0.378 e. The Kier molecular flexibility index (Phi) is 4.90. The van der Waals surface area contributed by atoms with Gasteiger partial charge in [0.25, 0.3) is 5.91 Å². The molecule has 0 bridgehead atoms. The van der Waals surface area contributed by atoms with E-state index in [0.29, 0.717) is 16.8 Å². The average molecular weight is 341 g/mol. The van der Waals surface area contributed by atoms with Crippen LogP contribution in [0.5, 0.6) is 0 Å².